The van der Waals surface area contributed by atoms with Crippen LogP contribution in [-0.2, 0) is 6.61 Å². The van der Waals surface area contributed by atoms with Crippen LogP contribution in [0.25, 0.3) is 11.4 Å². The number of nitrogens with one attached hydrogen (secondary N) is 1. The zero-order valence-corrected chi connectivity index (χ0v) is 12.4. The van der Waals surface area contributed by atoms with E-state index in [9.17, 15) is 0 Å². The third kappa shape index (κ3) is 3.35. The standard InChI is InChI=1S/C15H11Cl2N3O/c16-12-3-1-10(7-13(12)17)9-21-11-2-4-14(18-8-11)15-5-6-19-20-15/h1-8H,9H2,(H,19,20). The highest BCUT2D eigenvalue weighted by Crippen LogP contribution is 2.23. The van der Waals surface area contributed by atoms with Gasteiger partial charge in [0.25, 0.3) is 0 Å². The number of H-pyrrole nitrogens is 1. The third-order valence-electron chi connectivity index (χ3n) is 2.90. The van der Waals surface area contributed by atoms with E-state index in [4.69, 9.17) is 27.9 Å². The Morgan fingerprint density at radius 1 is 1.05 bits per heavy atom. The van der Waals surface area contributed by atoms with Crippen molar-refractivity contribution in [2.75, 3.05) is 0 Å². The summed E-state index contributed by atoms with van der Waals surface area (Å²) in [6.45, 7) is 0.405. The van der Waals surface area contributed by atoms with Crippen LogP contribution in [0.4, 0.5) is 0 Å². The number of pyridine rings is 1. The molecule has 0 spiro atoms. The summed E-state index contributed by atoms with van der Waals surface area (Å²) in [6, 6.07) is 11.0. The summed E-state index contributed by atoms with van der Waals surface area (Å²) in [4.78, 5) is 4.32. The van der Waals surface area contributed by atoms with E-state index in [1.807, 2.05) is 24.3 Å². The quantitative estimate of drug-likeness (QED) is 0.777. The summed E-state index contributed by atoms with van der Waals surface area (Å²) < 4.78 is 5.67. The highest BCUT2D eigenvalue weighted by molar-refractivity contribution is 6.42. The molecule has 3 aromatic rings. The number of aromatic nitrogens is 3. The molecule has 3 rings (SSSR count). The molecule has 0 radical (unpaired) electrons. The van der Waals surface area contributed by atoms with Crippen LogP contribution in [0.3, 0.4) is 0 Å². The van der Waals surface area contributed by atoms with Gasteiger partial charge in [0.05, 0.1) is 27.6 Å². The molecule has 0 aliphatic heterocycles. The molecule has 1 N–H and O–H groups in total. The Morgan fingerprint density at radius 3 is 2.62 bits per heavy atom. The lowest BCUT2D eigenvalue weighted by Crippen LogP contribution is -1.96. The highest BCUT2D eigenvalue weighted by Gasteiger charge is 2.03. The van der Waals surface area contributed by atoms with E-state index in [2.05, 4.69) is 15.2 Å². The summed E-state index contributed by atoms with van der Waals surface area (Å²) in [7, 11) is 0. The molecule has 0 unspecified atom stereocenters. The lowest BCUT2D eigenvalue weighted by atomic mass is 10.2. The molecular formula is C15H11Cl2N3O. The van der Waals surface area contributed by atoms with Gasteiger partial charge in [-0.2, -0.15) is 5.10 Å². The van der Waals surface area contributed by atoms with Crippen molar-refractivity contribution >= 4 is 23.2 Å². The Morgan fingerprint density at radius 2 is 1.95 bits per heavy atom. The molecule has 2 aromatic heterocycles. The fourth-order valence-corrected chi connectivity index (χ4v) is 2.14. The van der Waals surface area contributed by atoms with Crippen LogP contribution in [0.15, 0.2) is 48.8 Å². The van der Waals surface area contributed by atoms with Crippen LogP contribution in [0.2, 0.25) is 10.0 Å². The molecule has 0 aliphatic rings. The first-order valence-corrected chi connectivity index (χ1v) is 7.00. The largest absolute Gasteiger partial charge is 0.487 e. The van der Waals surface area contributed by atoms with Crippen LogP contribution in [0.1, 0.15) is 5.56 Å². The zero-order chi connectivity index (χ0) is 14.7. The molecule has 0 saturated carbocycles. The molecule has 6 heteroatoms. The Labute approximate surface area is 131 Å². The number of ether oxygens (including phenoxy) is 1. The van der Waals surface area contributed by atoms with Crippen molar-refractivity contribution in [1.82, 2.24) is 15.2 Å². The first-order valence-electron chi connectivity index (χ1n) is 6.25. The maximum Gasteiger partial charge on any atom is 0.138 e. The summed E-state index contributed by atoms with van der Waals surface area (Å²) in [6.07, 6.45) is 3.36. The van der Waals surface area contributed by atoms with Crippen molar-refractivity contribution in [2.45, 2.75) is 6.61 Å². The normalized spacial score (nSPS) is 10.6. The summed E-state index contributed by atoms with van der Waals surface area (Å²) in [5.41, 5.74) is 2.63. The van der Waals surface area contributed by atoms with Crippen molar-refractivity contribution in [1.29, 1.82) is 0 Å². The van der Waals surface area contributed by atoms with Gasteiger partial charge >= 0.3 is 0 Å². The van der Waals surface area contributed by atoms with E-state index in [1.165, 1.54) is 0 Å². The third-order valence-corrected chi connectivity index (χ3v) is 3.64. The number of rotatable bonds is 4. The Hall–Kier alpha value is -2.04. The molecule has 0 fully saturated rings. The lowest BCUT2D eigenvalue weighted by Gasteiger charge is -2.07. The number of benzene rings is 1. The van der Waals surface area contributed by atoms with Crippen molar-refractivity contribution in [3.8, 4) is 17.1 Å². The lowest BCUT2D eigenvalue weighted by molar-refractivity contribution is 0.305. The maximum absolute atomic E-state index is 5.96. The fraction of sp³-hybridized carbons (Fsp3) is 0.0667. The molecule has 106 valence electrons. The van der Waals surface area contributed by atoms with E-state index < -0.39 is 0 Å². The predicted molar refractivity (Wildman–Crippen MR) is 82.6 cm³/mol. The smallest absolute Gasteiger partial charge is 0.138 e. The molecule has 2 heterocycles. The number of hydrogen-bond donors (Lipinski definition) is 1. The van der Waals surface area contributed by atoms with Crippen LogP contribution in [-0.4, -0.2) is 15.2 Å². The molecule has 1 aromatic carbocycles. The topological polar surface area (TPSA) is 50.8 Å². The van der Waals surface area contributed by atoms with Crippen LogP contribution in [0.5, 0.6) is 5.75 Å². The van der Waals surface area contributed by atoms with Gasteiger partial charge in [-0.3, -0.25) is 10.1 Å². The molecule has 21 heavy (non-hydrogen) atoms. The zero-order valence-electron chi connectivity index (χ0n) is 10.9. The molecule has 0 bridgehead atoms. The van der Waals surface area contributed by atoms with Gasteiger partial charge < -0.3 is 4.74 Å². The average molecular weight is 320 g/mol. The van der Waals surface area contributed by atoms with Gasteiger partial charge in [0.15, 0.2) is 0 Å². The van der Waals surface area contributed by atoms with Gasteiger partial charge in [-0.25, -0.2) is 0 Å². The Balaban J connectivity index is 1.66. The number of halogens is 2. The van der Waals surface area contributed by atoms with Gasteiger partial charge in [-0.05, 0) is 35.9 Å². The highest BCUT2D eigenvalue weighted by atomic mass is 35.5. The van der Waals surface area contributed by atoms with E-state index in [1.54, 1.807) is 24.5 Å². The van der Waals surface area contributed by atoms with Crippen molar-refractivity contribution in [3.05, 3.63) is 64.4 Å². The fourth-order valence-electron chi connectivity index (χ4n) is 1.82. The minimum atomic E-state index is 0.405. The summed E-state index contributed by atoms with van der Waals surface area (Å²) in [5, 5.41) is 7.81. The maximum atomic E-state index is 5.96. The first kappa shape index (κ1) is 13.9. The average Bonchev–Trinajstić information content (AvgIpc) is 3.03. The van der Waals surface area contributed by atoms with Crippen molar-refractivity contribution in [2.24, 2.45) is 0 Å². The molecule has 0 saturated heterocycles. The van der Waals surface area contributed by atoms with E-state index in [0.29, 0.717) is 22.4 Å². The van der Waals surface area contributed by atoms with Crippen molar-refractivity contribution in [3.63, 3.8) is 0 Å². The van der Waals surface area contributed by atoms with Gasteiger partial charge in [0, 0.05) is 6.20 Å². The minimum absolute atomic E-state index is 0.405. The summed E-state index contributed by atoms with van der Waals surface area (Å²) in [5.74, 6) is 0.685. The van der Waals surface area contributed by atoms with Crippen LogP contribution >= 0.6 is 23.2 Å². The molecular weight excluding hydrogens is 309 g/mol. The molecule has 0 aliphatic carbocycles. The first-order chi connectivity index (χ1) is 10.2. The molecule has 0 amide bonds. The summed E-state index contributed by atoms with van der Waals surface area (Å²) >= 11 is 11.8. The number of hydrogen-bond acceptors (Lipinski definition) is 3. The molecule has 0 atom stereocenters. The minimum Gasteiger partial charge on any atom is -0.487 e. The van der Waals surface area contributed by atoms with E-state index in [0.717, 1.165) is 17.0 Å². The Kier molecular flexibility index (Phi) is 4.08. The predicted octanol–water partition coefficient (Wildman–Crippen LogP) is 4.36. The second kappa shape index (κ2) is 6.16. The second-order valence-corrected chi connectivity index (χ2v) is 5.20. The molecule has 4 nitrogen and oxygen atoms in total. The van der Waals surface area contributed by atoms with Crippen LogP contribution in [0, 0.1) is 0 Å². The van der Waals surface area contributed by atoms with Crippen molar-refractivity contribution < 1.29 is 4.74 Å². The van der Waals surface area contributed by atoms with E-state index >= 15 is 0 Å². The van der Waals surface area contributed by atoms with Gasteiger partial charge in [-0.15, -0.1) is 0 Å². The monoisotopic (exact) mass is 319 g/mol. The van der Waals surface area contributed by atoms with Gasteiger partial charge in [0.2, 0.25) is 0 Å². The van der Waals surface area contributed by atoms with E-state index in [-0.39, 0.29) is 0 Å². The second-order valence-electron chi connectivity index (χ2n) is 4.39. The number of aromatic amines is 1. The number of nitrogens with zero attached hydrogens (tertiary/aromatic N) is 2. The SMILES string of the molecule is Clc1ccc(COc2ccc(-c3ccn[nH]3)nc2)cc1Cl. The van der Waals surface area contributed by atoms with Crippen LogP contribution < -0.4 is 4.74 Å². The van der Waals surface area contributed by atoms with Gasteiger partial charge in [-0.1, -0.05) is 29.3 Å². The Bertz CT molecular complexity index is 727. The van der Waals surface area contributed by atoms with Gasteiger partial charge in [0.1, 0.15) is 12.4 Å².